The molecule has 0 aliphatic carbocycles. The molecule has 0 saturated carbocycles. The summed E-state index contributed by atoms with van der Waals surface area (Å²) in [7, 11) is 3.19. The van der Waals surface area contributed by atoms with Crippen molar-refractivity contribution >= 4 is 30.7 Å². The van der Waals surface area contributed by atoms with Gasteiger partial charge in [0.25, 0.3) is 5.91 Å². The van der Waals surface area contributed by atoms with Crippen LogP contribution in [0.3, 0.4) is 0 Å². The first-order chi connectivity index (χ1) is 15.0. The van der Waals surface area contributed by atoms with Gasteiger partial charge in [0, 0.05) is 22.1 Å². The third-order valence-electron chi connectivity index (χ3n) is 6.18. The number of hydrogen-bond acceptors (Lipinski definition) is 5. The van der Waals surface area contributed by atoms with Gasteiger partial charge < -0.3 is 10.1 Å². The van der Waals surface area contributed by atoms with E-state index in [9.17, 15) is 9.00 Å². The lowest BCUT2D eigenvalue weighted by atomic mass is 9.96. The van der Waals surface area contributed by atoms with E-state index < -0.39 is 8.28 Å². The Kier molecular flexibility index (Phi) is 6.91. The molecule has 1 N–H and O–H groups in total. The molecular weight excluding hydrogens is 446 g/mol. The van der Waals surface area contributed by atoms with Gasteiger partial charge >= 0.3 is 0 Å². The summed E-state index contributed by atoms with van der Waals surface area (Å²) in [6, 6.07) is 5.25. The third-order valence-corrected chi connectivity index (χ3v) is 10.4. The van der Waals surface area contributed by atoms with Gasteiger partial charge in [-0.1, -0.05) is 33.8 Å². The quantitative estimate of drug-likeness (QED) is 0.301. The van der Waals surface area contributed by atoms with Crippen LogP contribution in [-0.4, -0.2) is 39.1 Å². The predicted molar refractivity (Wildman–Crippen MR) is 132 cm³/mol. The molecule has 1 aromatic rings. The van der Waals surface area contributed by atoms with Crippen LogP contribution >= 0.6 is 10.7 Å². The molecule has 32 heavy (non-hydrogen) atoms. The molecule has 1 unspecified atom stereocenters. The third kappa shape index (κ3) is 4.64. The van der Waals surface area contributed by atoms with Gasteiger partial charge in [0.2, 0.25) is 0 Å². The summed E-state index contributed by atoms with van der Waals surface area (Å²) < 4.78 is 18.9. The molecule has 3 rings (SSSR count). The second-order valence-electron chi connectivity index (χ2n) is 8.54. The highest BCUT2D eigenvalue weighted by Crippen LogP contribution is 2.52. The van der Waals surface area contributed by atoms with E-state index >= 15 is 0 Å². The van der Waals surface area contributed by atoms with E-state index in [2.05, 4.69) is 32.7 Å². The van der Waals surface area contributed by atoms with E-state index in [4.69, 9.17) is 20.5 Å². The number of amides is 1. The smallest absolute Gasteiger partial charge is 0.275 e. The second kappa shape index (κ2) is 9.02. The SMILES string of the molecule is C=C(CCC)N1N=C(c2cc(S3(=O)(Cl)CC3)ccc2OCC)NC(=O)/C1=C(\C)C(C)CC. The number of rotatable bonds is 9. The molecule has 2 aliphatic heterocycles. The maximum absolute atomic E-state index is 13.3. The molecule has 0 bridgehead atoms. The number of carbonyl (C=O) groups is 1. The number of nitrogens with zero attached hydrogens (tertiary/aromatic N) is 2. The highest BCUT2D eigenvalue weighted by atomic mass is 35.7. The van der Waals surface area contributed by atoms with Gasteiger partial charge in [-0.2, -0.15) is 0 Å². The molecule has 1 aromatic carbocycles. The molecule has 1 atom stereocenters. The van der Waals surface area contributed by atoms with Gasteiger partial charge in [0.15, 0.2) is 5.84 Å². The Morgan fingerprint density at radius 2 is 2.03 bits per heavy atom. The molecule has 0 aromatic heterocycles. The van der Waals surface area contributed by atoms with Crippen LogP contribution in [0.25, 0.3) is 0 Å². The van der Waals surface area contributed by atoms with Gasteiger partial charge in [-0.3, -0.25) is 9.00 Å². The Morgan fingerprint density at radius 1 is 1.34 bits per heavy atom. The lowest BCUT2D eigenvalue weighted by Gasteiger charge is -2.32. The average molecular weight is 480 g/mol. The number of halogens is 1. The van der Waals surface area contributed by atoms with Gasteiger partial charge in [0.1, 0.15) is 11.4 Å². The summed E-state index contributed by atoms with van der Waals surface area (Å²) in [5.74, 6) is 1.80. The number of allylic oxidation sites excluding steroid dienone is 2. The maximum Gasteiger partial charge on any atom is 0.275 e. The molecule has 1 fully saturated rings. The largest absolute Gasteiger partial charge is 0.493 e. The van der Waals surface area contributed by atoms with E-state index in [0.717, 1.165) is 24.1 Å². The van der Waals surface area contributed by atoms with E-state index in [1.807, 2.05) is 13.8 Å². The van der Waals surface area contributed by atoms with Crippen LogP contribution in [0.15, 0.2) is 51.7 Å². The monoisotopic (exact) mass is 479 g/mol. The van der Waals surface area contributed by atoms with Gasteiger partial charge in [-0.05, 0) is 75.3 Å². The molecule has 1 amide bonds. The van der Waals surface area contributed by atoms with Crippen molar-refractivity contribution in [2.75, 3.05) is 18.1 Å². The number of benzene rings is 1. The summed E-state index contributed by atoms with van der Waals surface area (Å²) in [5.41, 5.74) is 2.79. The van der Waals surface area contributed by atoms with E-state index in [0.29, 0.717) is 52.3 Å². The fourth-order valence-electron chi connectivity index (χ4n) is 3.67. The maximum atomic E-state index is 13.3. The van der Waals surface area contributed by atoms with Crippen molar-refractivity contribution in [1.29, 1.82) is 0 Å². The Hall–Kier alpha value is -2.12. The zero-order chi connectivity index (χ0) is 23.7. The first kappa shape index (κ1) is 24.5. The number of carbonyl (C=O) groups excluding carboxylic acids is 1. The van der Waals surface area contributed by atoms with Crippen molar-refractivity contribution in [3.8, 4) is 5.75 Å². The van der Waals surface area contributed by atoms with E-state index in [1.54, 1.807) is 23.2 Å². The minimum Gasteiger partial charge on any atom is -0.493 e. The summed E-state index contributed by atoms with van der Waals surface area (Å²) in [6.07, 6.45) is 2.50. The molecular formula is C24H34ClN3O3S. The standard InChI is InChI=1S/C24H34ClN3O3S/c1-7-10-17(5)28-22(18(6)16(4)8-2)24(29)26-23(27-28)20-15-19(32(25,30)13-14-32)11-12-21(20)31-9-3/h11-12,15-16H,5,7-10,13-14H2,1-4,6H3,(H,26,27,29)/b22-18-. The molecule has 8 heteroatoms. The number of hydrogen-bond donors (Lipinski definition) is 1. The molecule has 2 aliphatic rings. The normalized spacial score (nSPS) is 22.7. The number of ether oxygens (including phenoxy) is 1. The van der Waals surface area contributed by atoms with E-state index in [-0.39, 0.29) is 11.8 Å². The molecule has 0 radical (unpaired) electrons. The topological polar surface area (TPSA) is 71.0 Å². The Morgan fingerprint density at radius 3 is 2.59 bits per heavy atom. The Bertz CT molecular complexity index is 1070. The second-order valence-corrected chi connectivity index (χ2v) is 14.3. The minimum absolute atomic E-state index is 0.225. The van der Waals surface area contributed by atoms with Gasteiger partial charge in [0.05, 0.1) is 12.2 Å². The Labute approximate surface area is 195 Å². The summed E-state index contributed by atoms with van der Waals surface area (Å²) in [4.78, 5) is 13.9. The number of hydrazone groups is 1. The van der Waals surface area contributed by atoms with Crippen molar-refractivity contribution in [2.24, 2.45) is 11.0 Å². The minimum atomic E-state index is -3.30. The molecule has 1 saturated heterocycles. The fourth-order valence-corrected chi connectivity index (χ4v) is 6.59. The van der Waals surface area contributed by atoms with Gasteiger partial charge in [-0.15, -0.1) is 5.10 Å². The highest BCUT2D eigenvalue weighted by molar-refractivity contribution is 8.43. The van der Waals surface area contributed by atoms with Gasteiger partial charge in [-0.25, -0.2) is 5.01 Å². The van der Waals surface area contributed by atoms with Crippen LogP contribution in [0, 0.1) is 5.92 Å². The van der Waals surface area contributed by atoms with Crippen molar-refractivity contribution in [3.05, 3.63) is 47.3 Å². The predicted octanol–water partition coefficient (Wildman–Crippen LogP) is 5.16. The molecule has 176 valence electrons. The summed E-state index contributed by atoms with van der Waals surface area (Å²) in [5, 5.41) is 9.40. The molecule has 2 heterocycles. The number of amidine groups is 1. The lowest BCUT2D eigenvalue weighted by Crippen LogP contribution is -2.44. The van der Waals surface area contributed by atoms with Crippen molar-refractivity contribution in [2.45, 2.75) is 58.8 Å². The first-order valence-corrected chi connectivity index (χ1v) is 14.4. The number of nitrogens with one attached hydrogen (secondary N) is 1. The van der Waals surface area contributed by atoms with Crippen LogP contribution in [0.5, 0.6) is 5.75 Å². The fraction of sp³-hybridized carbons (Fsp3) is 0.500. The van der Waals surface area contributed by atoms with Crippen LogP contribution in [0.4, 0.5) is 0 Å². The molecule has 0 spiro atoms. The van der Waals surface area contributed by atoms with E-state index in [1.165, 1.54) is 0 Å². The highest BCUT2D eigenvalue weighted by Gasteiger charge is 2.50. The van der Waals surface area contributed by atoms with Crippen molar-refractivity contribution < 1.29 is 13.7 Å². The summed E-state index contributed by atoms with van der Waals surface area (Å²) in [6.45, 7) is 14.7. The molecule has 6 nitrogen and oxygen atoms in total. The first-order valence-electron chi connectivity index (χ1n) is 11.3. The van der Waals surface area contributed by atoms with Crippen LogP contribution in [-0.2, 0) is 13.1 Å². The zero-order valence-electron chi connectivity index (χ0n) is 19.7. The van der Waals surface area contributed by atoms with Crippen LogP contribution in [0.2, 0.25) is 0 Å². The van der Waals surface area contributed by atoms with Crippen molar-refractivity contribution in [1.82, 2.24) is 10.3 Å². The van der Waals surface area contributed by atoms with Crippen molar-refractivity contribution in [3.63, 3.8) is 0 Å². The Balaban J connectivity index is 2.17. The van der Waals surface area contributed by atoms with Crippen LogP contribution in [0.1, 0.15) is 59.4 Å². The van der Waals surface area contributed by atoms with Crippen LogP contribution < -0.4 is 10.1 Å². The summed E-state index contributed by atoms with van der Waals surface area (Å²) >= 11 is 0. The average Bonchev–Trinajstić information content (AvgIpc) is 3.44. The zero-order valence-corrected chi connectivity index (χ0v) is 21.2. The lowest BCUT2D eigenvalue weighted by molar-refractivity contribution is -0.118.